The summed E-state index contributed by atoms with van der Waals surface area (Å²) in [4.78, 5) is 9.20. The number of nitrogens with zero attached hydrogens (tertiary/aromatic N) is 4. The van der Waals surface area contributed by atoms with Gasteiger partial charge in [0, 0.05) is 21.4 Å². The van der Waals surface area contributed by atoms with Crippen molar-refractivity contribution < 1.29 is 13.2 Å². The van der Waals surface area contributed by atoms with Crippen LogP contribution >= 0.6 is 22.9 Å². The van der Waals surface area contributed by atoms with E-state index in [1.807, 2.05) is 17.5 Å². The Kier molecular flexibility index (Phi) is 3.44. The maximum absolute atomic E-state index is 13.5. The van der Waals surface area contributed by atoms with E-state index >= 15 is 0 Å². The SMILES string of the molecule is FC(F)(F)c1cccc2nc3nc4scc(-c5ccc(Cl)cc5)n4nc-3c12. The van der Waals surface area contributed by atoms with Crippen LogP contribution in [0.3, 0.4) is 0 Å². The van der Waals surface area contributed by atoms with E-state index in [2.05, 4.69) is 15.1 Å². The predicted octanol–water partition coefficient (Wildman–Crippen LogP) is 5.78. The minimum atomic E-state index is -4.50. The number of alkyl halides is 3. The molecule has 0 unspecified atom stereocenters. The molecule has 134 valence electrons. The molecule has 0 saturated heterocycles. The summed E-state index contributed by atoms with van der Waals surface area (Å²) < 4.78 is 41.9. The van der Waals surface area contributed by atoms with Crippen LogP contribution in [0.2, 0.25) is 5.02 Å². The van der Waals surface area contributed by atoms with Crippen LogP contribution in [0, 0.1) is 0 Å². The average Bonchev–Trinajstić information content (AvgIpc) is 3.20. The Bertz CT molecular complexity index is 1270. The fraction of sp³-hybridized carbons (Fsp3) is 0.0556. The Morgan fingerprint density at radius 2 is 1.78 bits per heavy atom. The van der Waals surface area contributed by atoms with Crippen molar-refractivity contribution in [1.82, 2.24) is 19.6 Å². The monoisotopic (exact) mass is 404 g/mol. The molecule has 0 bridgehead atoms. The lowest BCUT2D eigenvalue weighted by Crippen LogP contribution is -2.06. The Morgan fingerprint density at radius 1 is 1.00 bits per heavy atom. The van der Waals surface area contributed by atoms with E-state index in [1.165, 1.54) is 23.5 Å². The minimum Gasteiger partial charge on any atom is -0.226 e. The second-order valence-corrected chi connectivity index (χ2v) is 7.19. The summed E-state index contributed by atoms with van der Waals surface area (Å²) in [5, 5.41) is 6.88. The molecule has 3 heterocycles. The van der Waals surface area contributed by atoms with E-state index in [0.717, 1.165) is 17.3 Å². The molecule has 3 aromatic rings. The lowest BCUT2D eigenvalue weighted by atomic mass is 10.1. The van der Waals surface area contributed by atoms with Crippen molar-refractivity contribution in [2.45, 2.75) is 6.18 Å². The highest BCUT2D eigenvalue weighted by molar-refractivity contribution is 7.15. The van der Waals surface area contributed by atoms with Gasteiger partial charge in [0.05, 0.1) is 16.8 Å². The van der Waals surface area contributed by atoms with Gasteiger partial charge >= 0.3 is 6.18 Å². The van der Waals surface area contributed by atoms with Gasteiger partial charge in [0.15, 0.2) is 5.82 Å². The van der Waals surface area contributed by atoms with Gasteiger partial charge in [-0.05, 0) is 24.3 Å². The molecule has 0 amide bonds. The number of thiazole rings is 1. The van der Waals surface area contributed by atoms with Crippen molar-refractivity contribution in [2.24, 2.45) is 0 Å². The fourth-order valence-corrected chi connectivity index (χ4v) is 4.01. The second-order valence-electron chi connectivity index (χ2n) is 5.92. The number of hydrogen-bond acceptors (Lipinski definition) is 4. The van der Waals surface area contributed by atoms with Crippen molar-refractivity contribution in [3.05, 3.63) is 58.4 Å². The van der Waals surface area contributed by atoms with Crippen LogP contribution in [0.1, 0.15) is 5.56 Å². The Morgan fingerprint density at radius 3 is 2.52 bits per heavy atom. The number of aromatic nitrogens is 4. The Balaban J connectivity index is 1.84. The van der Waals surface area contributed by atoms with Gasteiger partial charge in [-0.25, -0.2) is 9.50 Å². The van der Waals surface area contributed by atoms with E-state index in [9.17, 15) is 13.2 Å². The van der Waals surface area contributed by atoms with E-state index < -0.39 is 11.7 Å². The van der Waals surface area contributed by atoms with Crippen molar-refractivity contribution in [1.29, 1.82) is 0 Å². The first-order valence-corrected chi connectivity index (χ1v) is 9.07. The summed E-state index contributed by atoms with van der Waals surface area (Å²) in [6, 6.07) is 11.0. The van der Waals surface area contributed by atoms with E-state index in [1.54, 1.807) is 16.6 Å². The first-order chi connectivity index (χ1) is 12.9. The maximum atomic E-state index is 13.5. The number of hydrogen-bond donors (Lipinski definition) is 0. The number of fused-ring (bicyclic) bond motifs is 4. The lowest BCUT2D eigenvalue weighted by Gasteiger charge is -2.08. The third kappa shape index (κ3) is 2.55. The van der Waals surface area contributed by atoms with Crippen molar-refractivity contribution in [3.63, 3.8) is 0 Å². The smallest absolute Gasteiger partial charge is 0.226 e. The molecular weight excluding hydrogens is 397 g/mol. The summed E-state index contributed by atoms with van der Waals surface area (Å²) in [6.07, 6.45) is -4.50. The van der Waals surface area contributed by atoms with E-state index in [-0.39, 0.29) is 22.4 Å². The molecule has 4 nitrogen and oxygen atoms in total. The third-order valence-electron chi connectivity index (χ3n) is 4.25. The second kappa shape index (κ2) is 5.64. The van der Waals surface area contributed by atoms with Crippen molar-refractivity contribution >= 4 is 38.8 Å². The molecule has 0 atom stereocenters. The van der Waals surface area contributed by atoms with Crippen molar-refractivity contribution in [3.8, 4) is 22.8 Å². The predicted molar refractivity (Wildman–Crippen MR) is 98.2 cm³/mol. The largest absolute Gasteiger partial charge is 0.417 e. The molecular formula is C18H8ClF3N4S. The molecule has 1 aromatic heterocycles. The number of rotatable bonds is 1. The highest BCUT2D eigenvalue weighted by atomic mass is 35.5. The maximum Gasteiger partial charge on any atom is 0.417 e. The zero-order chi connectivity index (χ0) is 18.8. The molecule has 2 aliphatic heterocycles. The lowest BCUT2D eigenvalue weighted by molar-refractivity contribution is -0.136. The molecule has 0 fully saturated rings. The van der Waals surface area contributed by atoms with Gasteiger partial charge in [-0.3, -0.25) is 0 Å². The third-order valence-corrected chi connectivity index (χ3v) is 5.32. The molecule has 0 spiro atoms. The Labute approximate surface area is 159 Å². The van der Waals surface area contributed by atoms with Gasteiger partial charge < -0.3 is 0 Å². The minimum absolute atomic E-state index is 0.0323. The zero-order valence-electron chi connectivity index (χ0n) is 13.3. The standard InChI is InChI=1S/C18H8ClF3N4S/c19-10-6-4-9(5-7-10)13-8-27-17-24-16-15(25-26(13)17)14-11(18(20,21)22)2-1-3-12(14)23-16/h1-8H. The topological polar surface area (TPSA) is 43.1 Å². The van der Waals surface area contributed by atoms with Crippen LogP contribution in [0.25, 0.3) is 38.6 Å². The average molecular weight is 405 g/mol. The molecule has 27 heavy (non-hydrogen) atoms. The molecule has 2 aliphatic rings. The molecule has 2 aromatic carbocycles. The summed E-state index contributed by atoms with van der Waals surface area (Å²) in [5.41, 5.74) is 1.15. The first kappa shape index (κ1) is 16.5. The zero-order valence-corrected chi connectivity index (χ0v) is 14.9. The van der Waals surface area contributed by atoms with Crippen LogP contribution in [0.15, 0.2) is 47.8 Å². The van der Waals surface area contributed by atoms with E-state index in [4.69, 9.17) is 11.6 Å². The van der Waals surface area contributed by atoms with Gasteiger partial charge in [-0.2, -0.15) is 23.3 Å². The summed E-state index contributed by atoms with van der Waals surface area (Å²) >= 11 is 7.27. The van der Waals surface area contributed by atoms with Crippen LogP contribution < -0.4 is 0 Å². The van der Waals surface area contributed by atoms with Gasteiger partial charge in [-0.15, -0.1) is 11.3 Å². The quantitative estimate of drug-likeness (QED) is 0.355. The molecule has 0 aliphatic carbocycles. The normalized spacial score (nSPS) is 12.4. The van der Waals surface area contributed by atoms with Gasteiger partial charge in [0.25, 0.3) is 0 Å². The Hall–Kier alpha value is -2.71. The van der Waals surface area contributed by atoms with Crippen LogP contribution in [0.5, 0.6) is 0 Å². The first-order valence-electron chi connectivity index (χ1n) is 7.82. The van der Waals surface area contributed by atoms with E-state index in [0.29, 0.717) is 9.98 Å². The number of halogens is 4. The van der Waals surface area contributed by atoms with Gasteiger partial charge in [0.2, 0.25) is 4.96 Å². The van der Waals surface area contributed by atoms with Crippen LogP contribution in [0.4, 0.5) is 13.2 Å². The van der Waals surface area contributed by atoms with Crippen LogP contribution in [-0.4, -0.2) is 19.6 Å². The molecule has 5 rings (SSSR count). The highest BCUT2D eigenvalue weighted by Crippen LogP contribution is 2.40. The van der Waals surface area contributed by atoms with Gasteiger partial charge in [-0.1, -0.05) is 29.8 Å². The van der Waals surface area contributed by atoms with Crippen molar-refractivity contribution in [2.75, 3.05) is 0 Å². The molecule has 0 N–H and O–H groups in total. The summed E-state index contributed by atoms with van der Waals surface area (Å²) in [7, 11) is 0. The summed E-state index contributed by atoms with van der Waals surface area (Å²) in [5.74, 6) is 0.200. The molecule has 0 saturated carbocycles. The van der Waals surface area contributed by atoms with Gasteiger partial charge in [0.1, 0.15) is 5.69 Å². The fourth-order valence-electron chi connectivity index (χ4n) is 3.05. The highest BCUT2D eigenvalue weighted by Gasteiger charge is 2.35. The molecule has 0 radical (unpaired) electrons. The number of benzene rings is 2. The summed E-state index contributed by atoms with van der Waals surface area (Å²) in [6.45, 7) is 0. The molecule has 9 heteroatoms. The van der Waals surface area contributed by atoms with Crippen LogP contribution in [-0.2, 0) is 6.18 Å².